The lowest BCUT2D eigenvalue weighted by atomic mass is 10.00. The summed E-state index contributed by atoms with van der Waals surface area (Å²) < 4.78 is 37.9. The highest BCUT2D eigenvalue weighted by Crippen LogP contribution is 2.23. The van der Waals surface area contributed by atoms with Crippen LogP contribution in [0.5, 0.6) is 0 Å². The smallest absolute Gasteiger partial charge is 0.228 e. The summed E-state index contributed by atoms with van der Waals surface area (Å²) in [6.07, 6.45) is 15.5. The van der Waals surface area contributed by atoms with Crippen LogP contribution in [0.3, 0.4) is 0 Å². The molecule has 2 aromatic rings. The van der Waals surface area contributed by atoms with Crippen LogP contribution in [0.1, 0.15) is 68.4 Å². The van der Waals surface area contributed by atoms with E-state index < -0.39 is 11.7 Å². The van der Waals surface area contributed by atoms with Gasteiger partial charge in [0.05, 0.1) is 25.7 Å². The van der Waals surface area contributed by atoms with Gasteiger partial charge in [0.2, 0.25) is 11.6 Å². The van der Waals surface area contributed by atoms with E-state index in [1.54, 1.807) is 74.0 Å². The summed E-state index contributed by atoms with van der Waals surface area (Å²) in [6, 6.07) is 8.60. The lowest BCUT2D eigenvalue weighted by molar-refractivity contribution is -0.124. The summed E-state index contributed by atoms with van der Waals surface area (Å²) in [5.41, 5.74) is 14.2. The van der Waals surface area contributed by atoms with Gasteiger partial charge in [0.1, 0.15) is 24.1 Å². The first kappa shape index (κ1) is 46.8. The third-order valence-electron chi connectivity index (χ3n) is 7.30. The number of ether oxygens (including phenoxy) is 2. The Balaban J connectivity index is 0.00000104. The number of methoxy groups -OCH3 is 2. The molecule has 1 aromatic heterocycles. The van der Waals surface area contributed by atoms with Crippen LogP contribution in [-0.2, 0) is 14.3 Å². The zero-order chi connectivity index (χ0) is 39.5. The number of allylic oxidation sites excluding steroid dienone is 6. The van der Waals surface area contributed by atoms with Gasteiger partial charge < -0.3 is 26.3 Å². The third kappa shape index (κ3) is 16.7. The summed E-state index contributed by atoms with van der Waals surface area (Å²) >= 11 is 0. The fourth-order valence-corrected chi connectivity index (χ4v) is 4.95. The predicted molar refractivity (Wildman–Crippen MR) is 207 cm³/mol. The number of aldehydes is 1. The molecule has 1 aliphatic rings. The van der Waals surface area contributed by atoms with Crippen LogP contribution in [0, 0.1) is 5.92 Å². The molecule has 12 heteroatoms. The number of hydrogen-bond donors (Lipinski definition) is 4. The molecule has 0 radical (unpaired) electrons. The van der Waals surface area contributed by atoms with E-state index in [4.69, 9.17) is 15.9 Å². The number of likely N-dealkylation sites (tertiary alicyclic amines) is 1. The molecule has 284 valence electrons. The lowest BCUT2D eigenvalue weighted by Crippen LogP contribution is -2.41. The molecule has 2 heterocycles. The summed E-state index contributed by atoms with van der Waals surface area (Å²) in [5, 5.41) is 8.82. The van der Waals surface area contributed by atoms with Crippen LogP contribution in [0.15, 0.2) is 115 Å². The van der Waals surface area contributed by atoms with Gasteiger partial charge >= 0.3 is 0 Å². The Labute approximate surface area is 308 Å². The highest BCUT2D eigenvalue weighted by atomic mass is 19.1. The number of aromatic nitrogens is 1. The van der Waals surface area contributed by atoms with Gasteiger partial charge in [-0.2, -0.15) is 0 Å². The fourth-order valence-electron chi connectivity index (χ4n) is 4.95. The molecule has 1 amide bonds. The number of nitrogens with two attached hydrogens (primary N) is 3. The number of carbonyl (C=O) groups is 2. The van der Waals surface area contributed by atoms with Gasteiger partial charge in [0.25, 0.3) is 0 Å². The molecule has 10 nitrogen and oxygen atoms in total. The number of anilines is 1. The van der Waals surface area contributed by atoms with Crippen molar-refractivity contribution in [2.75, 3.05) is 46.6 Å². The minimum absolute atomic E-state index is 0.202. The van der Waals surface area contributed by atoms with Gasteiger partial charge in [0.15, 0.2) is 5.83 Å². The molecule has 0 spiro atoms. The van der Waals surface area contributed by atoms with Crippen molar-refractivity contribution in [2.45, 2.75) is 47.0 Å². The zero-order valence-electron chi connectivity index (χ0n) is 31.6. The zero-order valence-corrected chi connectivity index (χ0v) is 31.6. The summed E-state index contributed by atoms with van der Waals surface area (Å²) in [4.78, 5) is 29.6. The average molecular weight is 724 g/mol. The number of carbonyl (C=O) groups excluding carboxylic acids is 2. The number of rotatable bonds is 13. The normalized spacial score (nSPS) is 15.3. The molecule has 0 saturated carbocycles. The standard InChI is InChI=1S/C24H34F2N2O3.C13H11N3O.C2H6.CH5N/c1-6-10-21(14-20(26)17-30-4)27-24(29)19-12-8-9-13-28(15-19)16-22(18(3)25)23(31-5)11-7-2;14-12-2-1-9(8-17)7-11(12)13(15)10-3-5-16-6-4-10;2*1-2/h6-7,10-11,14,17,19H,3,8-9,12-13,15-16H2,1-2,4-5H3,(H,27,29);1-8,15H,14H2;1-2H3;2H2,1H3/p+1/b10-6-,11-7-,20-17-,21-14+,23-22+;;;. The summed E-state index contributed by atoms with van der Waals surface area (Å²) in [7, 11) is 4.34. The molecule has 1 saturated heterocycles. The highest BCUT2D eigenvalue weighted by molar-refractivity contribution is 6.12. The highest BCUT2D eigenvalue weighted by Gasteiger charge is 2.26. The summed E-state index contributed by atoms with van der Waals surface area (Å²) in [6.45, 7) is 12.5. The maximum atomic E-state index is 14.1. The molecule has 52 heavy (non-hydrogen) atoms. The van der Waals surface area contributed by atoms with Crippen molar-refractivity contribution in [1.82, 2.24) is 15.2 Å². The van der Waals surface area contributed by atoms with E-state index in [2.05, 4.69) is 27.4 Å². The second-order valence-electron chi connectivity index (χ2n) is 10.8. The van der Waals surface area contributed by atoms with E-state index in [1.165, 1.54) is 27.3 Å². The molecule has 1 aromatic carbocycles. The van der Waals surface area contributed by atoms with Crippen molar-refractivity contribution in [3.05, 3.63) is 131 Å². The van der Waals surface area contributed by atoms with Crippen molar-refractivity contribution in [1.29, 1.82) is 0 Å². The largest absolute Gasteiger partial charge is 0.501 e. The SMILES string of the molecule is C=C(F)/C(CN1CCCCC(C(=O)NC(/C=C\C)=C/C(F)=C/OC)C1)=C(\C=C/C)OC.CC.CN.Nc1ccc(C=O)cc1C(=[NH2+])c1ccncc1. The van der Waals surface area contributed by atoms with Gasteiger partial charge in [-0.1, -0.05) is 39.0 Å². The Kier molecular flexibility index (Phi) is 24.8. The summed E-state index contributed by atoms with van der Waals surface area (Å²) in [5.74, 6) is -1.26. The Bertz CT molecular complexity index is 1570. The van der Waals surface area contributed by atoms with E-state index in [0.717, 1.165) is 37.5 Å². The molecule has 7 N–H and O–H groups in total. The monoisotopic (exact) mass is 723 g/mol. The number of amides is 1. The molecule has 0 aliphatic carbocycles. The van der Waals surface area contributed by atoms with Crippen molar-refractivity contribution in [3.63, 3.8) is 0 Å². The van der Waals surface area contributed by atoms with Gasteiger partial charge in [0, 0.05) is 59.6 Å². The quantitative estimate of drug-likeness (QED) is 0.0669. The van der Waals surface area contributed by atoms with E-state index in [0.29, 0.717) is 52.5 Å². The number of nitrogens with zero attached hydrogens (tertiary/aromatic N) is 2. The van der Waals surface area contributed by atoms with E-state index >= 15 is 0 Å². The first-order valence-corrected chi connectivity index (χ1v) is 17.0. The molecule has 1 atom stereocenters. The van der Waals surface area contributed by atoms with Crippen LogP contribution < -0.4 is 22.2 Å². The number of benzene rings is 1. The second-order valence-corrected chi connectivity index (χ2v) is 10.8. The topological polar surface area (TPSA) is 158 Å². The Hall–Kier alpha value is -5.20. The van der Waals surface area contributed by atoms with E-state index in [1.807, 2.05) is 25.7 Å². The third-order valence-corrected chi connectivity index (χ3v) is 7.30. The first-order valence-electron chi connectivity index (χ1n) is 17.0. The van der Waals surface area contributed by atoms with Crippen LogP contribution in [0.2, 0.25) is 0 Å². The Morgan fingerprint density at radius 1 is 1.10 bits per heavy atom. The molecule has 1 aliphatic heterocycles. The van der Waals surface area contributed by atoms with Crippen molar-refractivity contribution in [3.8, 4) is 0 Å². The maximum Gasteiger partial charge on any atom is 0.228 e. The van der Waals surface area contributed by atoms with Crippen molar-refractivity contribution in [2.24, 2.45) is 11.7 Å². The van der Waals surface area contributed by atoms with Crippen LogP contribution >= 0.6 is 0 Å². The fraction of sp³-hybridized carbons (Fsp3) is 0.350. The van der Waals surface area contributed by atoms with Gasteiger partial charge in [-0.05, 0) is 82.8 Å². The van der Waals surface area contributed by atoms with Crippen molar-refractivity contribution < 1.29 is 33.3 Å². The number of halogens is 2. The lowest BCUT2D eigenvalue weighted by Gasteiger charge is -2.25. The molecule has 1 fully saturated rings. The molecular formula is C40H57F2N6O4+. The van der Waals surface area contributed by atoms with Crippen molar-refractivity contribution >= 4 is 23.6 Å². The molecule has 1 unspecified atom stereocenters. The van der Waals surface area contributed by atoms with Crippen LogP contribution in [-0.4, -0.2) is 68.7 Å². The number of pyridine rings is 1. The average Bonchev–Trinajstić information content (AvgIpc) is 3.41. The maximum absolute atomic E-state index is 14.1. The van der Waals surface area contributed by atoms with E-state index in [-0.39, 0.29) is 18.4 Å². The molecular weight excluding hydrogens is 666 g/mol. The number of hydrogen-bond acceptors (Lipinski definition) is 8. The Morgan fingerprint density at radius 3 is 2.31 bits per heavy atom. The molecule has 3 rings (SSSR count). The number of nitrogen functional groups attached to an aromatic ring is 1. The van der Waals surface area contributed by atoms with Gasteiger partial charge in [-0.15, -0.1) is 0 Å². The van der Waals surface area contributed by atoms with E-state index in [9.17, 15) is 18.4 Å². The minimum atomic E-state index is -0.606. The first-order chi connectivity index (χ1) is 25.1. The Morgan fingerprint density at radius 2 is 1.75 bits per heavy atom. The van der Waals surface area contributed by atoms with Crippen LogP contribution in [0.4, 0.5) is 14.5 Å². The van der Waals surface area contributed by atoms with Crippen LogP contribution in [0.25, 0.3) is 0 Å². The number of nitrogens with one attached hydrogen (secondary N) is 1. The minimum Gasteiger partial charge on any atom is -0.501 e. The predicted octanol–water partition coefficient (Wildman–Crippen LogP) is 5.76. The van der Waals surface area contributed by atoms with Gasteiger partial charge in [-0.3, -0.25) is 24.9 Å². The molecule has 0 bridgehead atoms. The second kappa shape index (κ2) is 27.5. The van der Waals surface area contributed by atoms with Gasteiger partial charge in [-0.25, -0.2) is 8.78 Å².